The molecule has 0 bridgehead atoms. The molecular formula is C12H14F4N2O2S. The first-order valence-electron chi connectivity index (χ1n) is 6.22. The lowest BCUT2D eigenvalue weighted by Crippen LogP contribution is -2.51. The molecule has 4 nitrogen and oxygen atoms in total. The van der Waals surface area contributed by atoms with Gasteiger partial charge < -0.3 is 5.32 Å². The van der Waals surface area contributed by atoms with Crippen LogP contribution in [0.2, 0.25) is 0 Å². The van der Waals surface area contributed by atoms with E-state index in [1.54, 1.807) is 6.92 Å². The maximum atomic E-state index is 13.7. The van der Waals surface area contributed by atoms with E-state index in [1.165, 1.54) is 0 Å². The Bertz CT molecular complexity index is 631. The molecule has 1 saturated heterocycles. The van der Waals surface area contributed by atoms with Crippen molar-refractivity contribution in [2.24, 2.45) is 0 Å². The van der Waals surface area contributed by atoms with E-state index in [-0.39, 0.29) is 19.1 Å². The van der Waals surface area contributed by atoms with E-state index in [4.69, 9.17) is 0 Å². The van der Waals surface area contributed by atoms with Gasteiger partial charge in [-0.15, -0.1) is 0 Å². The molecule has 21 heavy (non-hydrogen) atoms. The smallest absolute Gasteiger partial charge is 0.312 e. The zero-order valence-corrected chi connectivity index (χ0v) is 11.9. The topological polar surface area (TPSA) is 49.4 Å². The van der Waals surface area contributed by atoms with Crippen LogP contribution in [0, 0.1) is 5.82 Å². The first kappa shape index (κ1) is 16.2. The number of benzene rings is 1. The van der Waals surface area contributed by atoms with Crippen LogP contribution in [0.3, 0.4) is 0 Å². The second-order valence-corrected chi connectivity index (χ2v) is 6.77. The molecule has 0 aromatic heterocycles. The average Bonchev–Trinajstić information content (AvgIpc) is 2.37. The minimum atomic E-state index is -4.73. The highest BCUT2D eigenvalue weighted by Crippen LogP contribution is 2.32. The molecule has 1 N–H and O–H groups in total. The number of hydrogen-bond acceptors (Lipinski definition) is 3. The molecule has 9 heteroatoms. The van der Waals surface area contributed by atoms with Crippen molar-refractivity contribution >= 4 is 10.0 Å². The largest absolute Gasteiger partial charge is 0.416 e. The van der Waals surface area contributed by atoms with Crippen molar-refractivity contribution in [3.63, 3.8) is 0 Å². The highest BCUT2D eigenvalue weighted by Gasteiger charge is 2.35. The summed E-state index contributed by atoms with van der Waals surface area (Å²) in [5, 5.41) is 3.01. The molecule has 0 radical (unpaired) electrons. The van der Waals surface area contributed by atoms with E-state index in [0.717, 1.165) is 4.31 Å². The van der Waals surface area contributed by atoms with Crippen molar-refractivity contribution in [3.05, 3.63) is 29.6 Å². The molecule has 1 aliphatic rings. The number of hydrogen-bond donors (Lipinski definition) is 1. The standard InChI is InChI=1S/C12H14F4N2O2S/c1-8-7-18(5-4-17-8)21(19,20)11-6-9(12(14,15)16)2-3-10(11)13/h2-3,6,8,17H,4-5,7H2,1H3/t8-/m0/s1. The maximum absolute atomic E-state index is 13.7. The highest BCUT2D eigenvalue weighted by atomic mass is 32.2. The summed E-state index contributed by atoms with van der Waals surface area (Å²) in [4.78, 5) is -0.938. The predicted molar refractivity (Wildman–Crippen MR) is 67.6 cm³/mol. The minimum absolute atomic E-state index is 0.0814. The Hall–Kier alpha value is -1.19. The molecule has 2 rings (SSSR count). The number of piperazine rings is 1. The van der Waals surface area contributed by atoms with Crippen LogP contribution in [0.4, 0.5) is 17.6 Å². The van der Waals surface area contributed by atoms with Crippen LogP contribution in [0.1, 0.15) is 12.5 Å². The SMILES string of the molecule is C[C@H]1CN(S(=O)(=O)c2cc(C(F)(F)F)ccc2F)CCN1. The van der Waals surface area contributed by atoms with Gasteiger partial charge in [-0.2, -0.15) is 17.5 Å². The lowest BCUT2D eigenvalue weighted by molar-refractivity contribution is -0.137. The van der Waals surface area contributed by atoms with E-state index in [1.807, 2.05) is 0 Å². The van der Waals surface area contributed by atoms with E-state index in [0.29, 0.717) is 24.7 Å². The molecule has 1 heterocycles. The van der Waals surface area contributed by atoms with Gasteiger partial charge in [0, 0.05) is 25.7 Å². The minimum Gasteiger partial charge on any atom is -0.312 e. The molecule has 1 atom stereocenters. The fourth-order valence-electron chi connectivity index (χ4n) is 2.13. The third-order valence-electron chi connectivity index (χ3n) is 3.21. The number of nitrogens with zero attached hydrogens (tertiary/aromatic N) is 1. The summed E-state index contributed by atoms with van der Waals surface area (Å²) in [6, 6.07) is 1.25. The van der Waals surface area contributed by atoms with Gasteiger partial charge in [0.2, 0.25) is 10.0 Å². The van der Waals surface area contributed by atoms with Gasteiger partial charge in [0.05, 0.1) is 5.56 Å². The second-order valence-electron chi connectivity index (χ2n) is 4.86. The quantitative estimate of drug-likeness (QED) is 0.844. The summed E-state index contributed by atoms with van der Waals surface area (Å²) in [6.45, 7) is 2.27. The van der Waals surface area contributed by atoms with E-state index >= 15 is 0 Å². The lowest BCUT2D eigenvalue weighted by atomic mass is 10.2. The Balaban J connectivity index is 2.44. The Morgan fingerprint density at radius 3 is 2.57 bits per heavy atom. The van der Waals surface area contributed by atoms with Gasteiger partial charge in [-0.05, 0) is 25.1 Å². The molecular weight excluding hydrogens is 312 g/mol. The Kier molecular flexibility index (Phi) is 4.27. The highest BCUT2D eigenvalue weighted by molar-refractivity contribution is 7.89. The van der Waals surface area contributed by atoms with E-state index < -0.39 is 32.5 Å². The molecule has 1 aliphatic heterocycles. The third-order valence-corrected chi connectivity index (χ3v) is 5.09. The normalized spacial score (nSPS) is 21.5. The Morgan fingerprint density at radius 1 is 1.33 bits per heavy atom. The third kappa shape index (κ3) is 3.35. The first-order chi connectivity index (χ1) is 9.62. The summed E-state index contributed by atoms with van der Waals surface area (Å²) in [5.74, 6) is -1.19. The summed E-state index contributed by atoms with van der Waals surface area (Å²) >= 11 is 0. The van der Waals surface area contributed by atoms with Crippen molar-refractivity contribution in [1.29, 1.82) is 0 Å². The lowest BCUT2D eigenvalue weighted by Gasteiger charge is -2.31. The van der Waals surface area contributed by atoms with Crippen molar-refractivity contribution in [1.82, 2.24) is 9.62 Å². The van der Waals surface area contributed by atoms with E-state index in [9.17, 15) is 26.0 Å². The molecule has 1 fully saturated rings. The molecule has 0 unspecified atom stereocenters. The predicted octanol–water partition coefficient (Wildman–Crippen LogP) is 1.83. The monoisotopic (exact) mass is 326 g/mol. The van der Waals surface area contributed by atoms with Crippen molar-refractivity contribution < 1.29 is 26.0 Å². The first-order valence-corrected chi connectivity index (χ1v) is 7.66. The van der Waals surface area contributed by atoms with Crippen LogP contribution < -0.4 is 5.32 Å². The zero-order valence-electron chi connectivity index (χ0n) is 11.1. The van der Waals surface area contributed by atoms with Crippen LogP contribution in [0.15, 0.2) is 23.1 Å². The number of sulfonamides is 1. The van der Waals surface area contributed by atoms with Gasteiger partial charge in [-0.1, -0.05) is 0 Å². The zero-order chi connectivity index (χ0) is 15.8. The molecule has 0 spiro atoms. The molecule has 1 aromatic rings. The molecule has 1 aromatic carbocycles. The fraction of sp³-hybridized carbons (Fsp3) is 0.500. The second kappa shape index (κ2) is 5.54. The molecule has 0 saturated carbocycles. The van der Waals surface area contributed by atoms with Crippen molar-refractivity contribution in [2.75, 3.05) is 19.6 Å². The van der Waals surface area contributed by atoms with Crippen molar-refractivity contribution in [2.45, 2.75) is 24.0 Å². The molecule has 118 valence electrons. The van der Waals surface area contributed by atoms with Gasteiger partial charge in [0.15, 0.2) is 0 Å². The summed E-state index contributed by atoms with van der Waals surface area (Å²) < 4.78 is 77.3. The van der Waals surface area contributed by atoms with Crippen LogP contribution in [-0.2, 0) is 16.2 Å². The van der Waals surface area contributed by atoms with Gasteiger partial charge in [0.1, 0.15) is 10.7 Å². The van der Waals surface area contributed by atoms with Crippen LogP contribution in [0.25, 0.3) is 0 Å². The summed E-state index contributed by atoms with van der Waals surface area (Å²) in [7, 11) is -4.29. The summed E-state index contributed by atoms with van der Waals surface area (Å²) in [6.07, 6.45) is -4.73. The van der Waals surface area contributed by atoms with Gasteiger partial charge in [-0.3, -0.25) is 0 Å². The van der Waals surface area contributed by atoms with Crippen LogP contribution in [-0.4, -0.2) is 38.4 Å². The molecule has 0 amide bonds. The Labute approximate surface area is 119 Å². The van der Waals surface area contributed by atoms with Gasteiger partial charge in [0.25, 0.3) is 0 Å². The maximum Gasteiger partial charge on any atom is 0.416 e. The van der Waals surface area contributed by atoms with E-state index in [2.05, 4.69) is 5.32 Å². The number of alkyl halides is 3. The number of rotatable bonds is 2. The fourth-order valence-corrected chi connectivity index (χ4v) is 3.75. The van der Waals surface area contributed by atoms with Crippen molar-refractivity contribution in [3.8, 4) is 0 Å². The number of halogens is 4. The van der Waals surface area contributed by atoms with Gasteiger partial charge >= 0.3 is 6.18 Å². The van der Waals surface area contributed by atoms with Gasteiger partial charge in [-0.25, -0.2) is 12.8 Å². The van der Waals surface area contributed by atoms with Crippen LogP contribution >= 0.6 is 0 Å². The Morgan fingerprint density at radius 2 is 2.00 bits per heavy atom. The number of nitrogens with one attached hydrogen (secondary N) is 1. The average molecular weight is 326 g/mol. The van der Waals surface area contributed by atoms with Crippen LogP contribution in [0.5, 0.6) is 0 Å². The summed E-state index contributed by atoms with van der Waals surface area (Å²) in [5.41, 5.74) is -1.19. The molecule has 0 aliphatic carbocycles.